The highest BCUT2D eigenvalue weighted by Crippen LogP contribution is 2.25. The van der Waals surface area contributed by atoms with Crippen LogP contribution >= 0.6 is 0 Å². The summed E-state index contributed by atoms with van der Waals surface area (Å²) in [5.41, 5.74) is 3.44. The molecule has 5 nitrogen and oxygen atoms in total. The van der Waals surface area contributed by atoms with Gasteiger partial charge in [-0.1, -0.05) is 36.4 Å². The minimum Gasteiger partial charge on any atom is -0.367 e. The minimum absolute atomic E-state index is 0.0540. The van der Waals surface area contributed by atoms with Crippen LogP contribution in [-0.2, 0) is 11.3 Å². The Morgan fingerprint density at radius 1 is 1.13 bits per heavy atom. The second-order valence-electron chi connectivity index (χ2n) is 7.84. The van der Waals surface area contributed by atoms with Gasteiger partial charge < -0.3 is 19.9 Å². The van der Waals surface area contributed by atoms with Crippen molar-refractivity contribution < 1.29 is 9.13 Å². The first-order chi connectivity index (χ1) is 14.6. The maximum atomic E-state index is 13.3. The van der Waals surface area contributed by atoms with E-state index < -0.39 is 0 Å². The number of hydrogen-bond acceptors (Lipinski definition) is 3. The Morgan fingerprint density at radius 2 is 1.90 bits per heavy atom. The lowest BCUT2D eigenvalue weighted by Crippen LogP contribution is -2.50. The van der Waals surface area contributed by atoms with Crippen molar-refractivity contribution in [2.24, 2.45) is 4.99 Å². The van der Waals surface area contributed by atoms with Crippen LogP contribution in [0.3, 0.4) is 0 Å². The molecule has 2 unspecified atom stereocenters. The van der Waals surface area contributed by atoms with E-state index in [1.165, 1.54) is 23.4 Å². The molecule has 158 valence electrons. The first kappa shape index (κ1) is 20.4. The maximum absolute atomic E-state index is 13.3. The van der Waals surface area contributed by atoms with Crippen molar-refractivity contribution in [3.05, 3.63) is 77.6 Å². The Labute approximate surface area is 177 Å². The normalized spacial score (nSPS) is 21.9. The average Bonchev–Trinajstić information content (AvgIpc) is 3.30. The van der Waals surface area contributed by atoms with E-state index in [-0.39, 0.29) is 18.0 Å². The molecule has 0 aromatic heterocycles. The highest BCUT2D eigenvalue weighted by molar-refractivity contribution is 5.80. The zero-order valence-corrected chi connectivity index (χ0v) is 17.6. The first-order valence-electron chi connectivity index (χ1n) is 10.5. The van der Waals surface area contributed by atoms with Crippen molar-refractivity contribution in [2.75, 3.05) is 38.1 Å². The molecule has 2 aliphatic rings. The standard InChI is InChI=1S/C24H29FN4O/c1-18-16-29(17-23(30-18)20-8-10-21(25)11-9-20)24(26-2)27-15-19-6-5-7-22(14-19)28-12-3-4-13-28/h3-11,14,18,23H,12-13,15-17H2,1-2H3,(H,26,27). The number of ether oxygens (including phenoxy) is 1. The largest absolute Gasteiger partial charge is 0.367 e. The molecule has 2 aromatic rings. The molecule has 0 aliphatic carbocycles. The van der Waals surface area contributed by atoms with Crippen LogP contribution in [0.5, 0.6) is 0 Å². The van der Waals surface area contributed by atoms with E-state index in [0.29, 0.717) is 13.1 Å². The highest BCUT2D eigenvalue weighted by atomic mass is 19.1. The average molecular weight is 409 g/mol. The van der Waals surface area contributed by atoms with Gasteiger partial charge in [-0.25, -0.2) is 4.39 Å². The SMILES string of the molecule is CN=C(NCc1cccc(N2CC=CC2)c1)N1CC(C)OC(c2ccc(F)cc2)C1. The van der Waals surface area contributed by atoms with Crippen LogP contribution < -0.4 is 10.2 Å². The maximum Gasteiger partial charge on any atom is 0.194 e. The second kappa shape index (κ2) is 9.30. The molecule has 0 spiro atoms. The number of hydrogen-bond donors (Lipinski definition) is 1. The van der Waals surface area contributed by atoms with E-state index >= 15 is 0 Å². The fraction of sp³-hybridized carbons (Fsp3) is 0.375. The van der Waals surface area contributed by atoms with Crippen molar-refractivity contribution in [3.8, 4) is 0 Å². The molecule has 2 aliphatic heterocycles. The zero-order chi connectivity index (χ0) is 20.9. The van der Waals surface area contributed by atoms with Crippen molar-refractivity contribution in [3.63, 3.8) is 0 Å². The van der Waals surface area contributed by atoms with Gasteiger partial charge in [0.05, 0.1) is 12.6 Å². The second-order valence-corrected chi connectivity index (χ2v) is 7.84. The summed E-state index contributed by atoms with van der Waals surface area (Å²) in [5.74, 6) is 0.620. The van der Waals surface area contributed by atoms with Crippen molar-refractivity contribution in [2.45, 2.75) is 25.7 Å². The molecule has 1 N–H and O–H groups in total. The van der Waals surface area contributed by atoms with Crippen LogP contribution in [-0.4, -0.2) is 50.2 Å². The van der Waals surface area contributed by atoms with Gasteiger partial charge >= 0.3 is 0 Å². The number of anilines is 1. The van der Waals surface area contributed by atoms with Gasteiger partial charge in [0.25, 0.3) is 0 Å². The predicted octanol–water partition coefficient (Wildman–Crippen LogP) is 3.74. The van der Waals surface area contributed by atoms with Crippen LogP contribution in [0.15, 0.2) is 65.7 Å². The van der Waals surface area contributed by atoms with E-state index in [2.05, 4.69) is 63.5 Å². The summed E-state index contributed by atoms with van der Waals surface area (Å²) in [6.45, 7) is 6.13. The predicted molar refractivity (Wildman–Crippen MR) is 119 cm³/mol. The molecule has 2 heterocycles. The monoisotopic (exact) mass is 408 g/mol. The first-order valence-corrected chi connectivity index (χ1v) is 10.5. The number of aliphatic imine (C=N–C) groups is 1. The van der Waals surface area contributed by atoms with Gasteiger partial charge in [0.1, 0.15) is 11.9 Å². The fourth-order valence-electron chi connectivity index (χ4n) is 4.05. The number of benzene rings is 2. The third-order valence-corrected chi connectivity index (χ3v) is 5.56. The van der Waals surface area contributed by atoms with Gasteiger partial charge in [-0.15, -0.1) is 0 Å². The third-order valence-electron chi connectivity index (χ3n) is 5.56. The van der Waals surface area contributed by atoms with Gasteiger partial charge in [-0.3, -0.25) is 4.99 Å². The Morgan fingerprint density at radius 3 is 2.63 bits per heavy atom. The fourth-order valence-corrected chi connectivity index (χ4v) is 4.05. The van der Waals surface area contributed by atoms with E-state index in [1.54, 1.807) is 12.1 Å². The molecule has 1 fully saturated rings. The quantitative estimate of drug-likeness (QED) is 0.475. The van der Waals surface area contributed by atoms with Crippen molar-refractivity contribution in [1.29, 1.82) is 0 Å². The topological polar surface area (TPSA) is 40.1 Å². The molecular formula is C24H29FN4O. The number of nitrogens with one attached hydrogen (secondary N) is 1. The lowest BCUT2D eigenvalue weighted by molar-refractivity contribution is -0.0605. The summed E-state index contributed by atoms with van der Waals surface area (Å²) < 4.78 is 19.4. The van der Waals surface area contributed by atoms with E-state index in [1.807, 2.05) is 7.05 Å². The van der Waals surface area contributed by atoms with E-state index in [4.69, 9.17) is 4.74 Å². The van der Waals surface area contributed by atoms with Gasteiger partial charge in [-0.05, 0) is 42.3 Å². The number of rotatable bonds is 4. The molecule has 2 atom stereocenters. The van der Waals surface area contributed by atoms with Gasteiger partial charge in [0.2, 0.25) is 0 Å². The molecule has 1 saturated heterocycles. The summed E-state index contributed by atoms with van der Waals surface area (Å²) in [4.78, 5) is 9.06. The smallest absolute Gasteiger partial charge is 0.194 e. The molecule has 0 amide bonds. The lowest BCUT2D eigenvalue weighted by atomic mass is 10.1. The van der Waals surface area contributed by atoms with Crippen LogP contribution in [0.25, 0.3) is 0 Å². The van der Waals surface area contributed by atoms with Gasteiger partial charge in [0, 0.05) is 38.9 Å². The summed E-state index contributed by atoms with van der Waals surface area (Å²) in [5, 5.41) is 3.50. The molecule has 0 radical (unpaired) electrons. The number of halogens is 1. The van der Waals surface area contributed by atoms with Crippen LogP contribution in [0.2, 0.25) is 0 Å². The lowest BCUT2D eigenvalue weighted by Gasteiger charge is -2.38. The third kappa shape index (κ3) is 4.82. The van der Waals surface area contributed by atoms with E-state index in [9.17, 15) is 4.39 Å². The molecule has 2 aromatic carbocycles. The molecule has 30 heavy (non-hydrogen) atoms. The zero-order valence-electron chi connectivity index (χ0n) is 17.6. The van der Waals surface area contributed by atoms with Gasteiger partial charge in [0.15, 0.2) is 5.96 Å². The van der Waals surface area contributed by atoms with Crippen molar-refractivity contribution in [1.82, 2.24) is 10.2 Å². The molecule has 4 rings (SSSR count). The summed E-state index contributed by atoms with van der Waals surface area (Å²) in [6, 6.07) is 15.2. The van der Waals surface area contributed by atoms with Crippen LogP contribution in [0, 0.1) is 5.82 Å². The molecule has 0 bridgehead atoms. The molecule has 0 saturated carbocycles. The number of morpholine rings is 1. The Kier molecular flexibility index (Phi) is 6.33. The Balaban J connectivity index is 1.41. The summed E-state index contributed by atoms with van der Waals surface area (Å²) in [6.07, 6.45) is 4.34. The van der Waals surface area contributed by atoms with Gasteiger partial charge in [-0.2, -0.15) is 0 Å². The Bertz CT molecular complexity index is 904. The molecule has 6 heteroatoms. The van der Waals surface area contributed by atoms with Crippen LogP contribution in [0.4, 0.5) is 10.1 Å². The number of nitrogens with zero attached hydrogens (tertiary/aromatic N) is 3. The Hall–Kier alpha value is -2.86. The minimum atomic E-state index is -0.233. The number of guanidine groups is 1. The summed E-state index contributed by atoms with van der Waals surface area (Å²) >= 11 is 0. The van der Waals surface area contributed by atoms with E-state index in [0.717, 1.165) is 31.2 Å². The summed E-state index contributed by atoms with van der Waals surface area (Å²) in [7, 11) is 1.81. The van der Waals surface area contributed by atoms with Crippen LogP contribution in [0.1, 0.15) is 24.2 Å². The van der Waals surface area contributed by atoms with Crippen molar-refractivity contribution >= 4 is 11.6 Å². The molecular weight excluding hydrogens is 379 g/mol. The highest BCUT2D eigenvalue weighted by Gasteiger charge is 2.28.